The lowest BCUT2D eigenvalue weighted by Gasteiger charge is -2.37. The molecule has 3 aliphatic rings. The maximum absolute atomic E-state index is 13.7. The van der Waals surface area contributed by atoms with Gasteiger partial charge in [0.25, 0.3) is 5.92 Å². The Morgan fingerprint density at radius 3 is 2.65 bits per heavy atom. The van der Waals surface area contributed by atoms with Gasteiger partial charge in [-0.2, -0.15) is 0 Å². The van der Waals surface area contributed by atoms with E-state index in [1.54, 1.807) is 23.3 Å². The molecule has 3 aliphatic heterocycles. The molecule has 1 fully saturated rings. The number of hydrogen-bond donors (Lipinski definition) is 1. The molecule has 1 saturated heterocycles. The maximum atomic E-state index is 13.7. The van der Waals surface area contributed by atoms with Crippen LogP contribution >= 0.6 is 0 Å². The molecule has 3 heterocycles. The van der Waals surface area contributed by atoms with Gasteiger partial charge in [0, 0.05) is 43.6 Å². The van der Waals surface area contributed by atoms with Crippen LogP contribution in [0.3, 0.4) is 0 Å². The standard InChI is InChI=1S/C17H22F2N4/c1-12-11-14(22-8-4-3-5-9-22)21-16-13(7-6-10-23(12)16)15(20)17(2,18)19/h6-7,10-11,15H,1,3-5,8-9,20H2,2H3. The summed E-state index contributed by atoms with van der Waals surface area (Å²) >= 11 is 0. The van der Waals surface area contributed by atoms with E-state index in [0.717, 1.165) is 38.7 Å². The highest BCUT2D eigenvalue weighted by Crippen LogP contribution is 2.31. The minimum atomic E-state index is -3.01. The van der Waals surface area contributed by atoms with Crippen LogP contribution in [0.25, 0.3) is 0 Å². The van der Waals surface area contributed by atoms with E-state index in [2.05, 4.69) is 16.5 Å². The van der Waals surface area contributed by atoms with E-state index >= 15 is 0 Å². The molecule has 0 saturated carbocycles. The van der Waals surface area contributed by atoms with Crippen molar-refractivity contribution in [2.24, 2.45) is 10.7 Å². The fraction of sp³-hybridized carbons (Fsp3) is 0.471. The van der Waals surface area contributed by atoms with Crippen molar-refractivity contribution in [1.82, 2.24) is 9.80 Å². The molecule has 0 aliphatic carbocycles. The van der Waals surface area contributed by atoms with E-state index in [9.17, 15) is 8.78 Å². The lowest BCUT2D eigenvalue weighted by Crippen LogP contribution is -2.46. The number of aliphatic imine (C=N–C) groups is 1. The van der Waals surface area contributed by atoms with E-state index in [0.29, 0.717) is 17.1 Å². The van der Waals surface area contributed by atoms with Crippen LogP contribution in [-0.4, -0.2) is 40.7 Å². The van der Waals surface area contributed by atoms with Gasteiger partial charge in [-0.25, -0.2) is 13.8 Å². The van der Waals surface area contributed by atoms with E-state index in [-0.39, 0.29) is 0 Å². The van der Waals surface area contributed by atoms with Crippen molar-refractivity contribution in [3.63, 3.8) is 0 Å². The van der Waals surface area contributed by atoms with Crippen LogP contribution in [0.2, 0.25) is 0 Å². The van der Waals surface area contributed by atoms with Gasteiger partial charge < -0.3 is 15.5 Å². The second-order valence-corrected chi connectivity index (χ2v) is 6.24. The normalized spacial score (nSPS) is 23.1. The highest BCUT2D eigenvalue weighted by molar-refractivity contribution is 6.03. The number of nitrogens with zero attached hydrogens (tertiary/aromatic N) is 3. The molecule has 0 radical (unpaired) electrons. The summed E-state index contributed by atoms with van der Waals surface area (Å²) in [5, 5.41) is 0. The number of nitrogens with two attached hydrogens (primary N) is 1. The van der Waals surface area contributed by atoms with Crippen LogP contribution in [0, 0.1) is 0 Å². The maximum Gasteiger partial charge on any atom is 0.264 e. The summed E-state index contributed by atoms with van der Waals surface area (Å²) in [6.45, 7) is 6.73. The number of rotatable bonds is 3. The SMILES string of the molecule is C=C1C=C(N2CCCCC2)N=C2C(C(N)C(C)(F)F)=CC=CN12. The first-order chi connectivity index (χ1) is 10.9. The molecule has 0 spiro atoms. The van der Waals surface area contributed by atoms with Crippen molar-refractivity contribution in [2.75, 3.05) is 13.1 Å². The van der Waals surface area contributed by atoms with Gasteiger partial charge in [0.05, 0.1) is 6.04 Å². The highest BCUT2D eigenvalue weighted by Gasteiger charge is 2.38. The van der Waals surface area contributed by atoms with Gasteiger partial charge in [-0.3, -0.25) is 0 Å². The summed E-state index contributed by atoms with van der Waals surface area (Å²) in [6.07, 6.45) is 10.4. The molecule has 124 valence electrons. The third-order valence-electron chi connectivity index (χ3n) is 4.38. The van der Waals surface area contributed by atoms with Crippen molar-refractivity contribution >= 4 is 5.84 Å². The minimum Gasteiger partial charge on any atom is -0.356 e. The number of amidine groups is 1. The van der Waals surface area contributed by atoms with Gasteiger partial charge in [-0.05, 0) is 25.3 Å². The fourth-order valence-corrected chi connectivity index (χ4v) is 3.03. The highest BCUT2D eigenvalue weighted by atomic mass is 19.3. The van der Waals surface area contributed by atoms with Gasteiger partial charge in [0.15, 0.2) is 0 Å². The first-order valence-corrected chi connectivity index (χ1v) is 7.93. The topological polar surface area (TPSA) is 44.9 Å². The smallest absolute Gasteiger partial charge is 0.264 e. The summed E-state index contributed by atoms with van der Waals surface area (Å²) < 4.78 is 27.4. The Kier molecular flexibility index (Phi) is 4.10. The summed E-state index contributed by atoms with van der Waals surface area (Å²) in [4.78, 5) is 8.53. The Morgan fingerprint density at radius 1 is 1.30 bits per heavy atom. The summed E-state index contributed by atoms with van der Waals surface area (Å²) in [6, 6.07) is -1.40. The Bertz CT molecular complexity index is 619. The van der Waals surface area contributed by atoms with Crippen LogP contribution < -0.4 is 5.73 Å². The molecule has 0 aromatic carbocycles. The second kappa shape index (κ2) is 5.92. The zero-order valence-electron chi connectivity index (χ0n) is 13.3. The van der Waals surface area contributed by atoms with Gasteiger partial charge in [0.1, 0.15) is 11.7 Å². The van der Waals surface area contributed by atoms with E-state index in [4.69, 9.17) is 5.73 Å². The predicted molar refractivity (Wildman–Crippen MR) is 87.7 cm³/mol. The van der Waals surface area contributed by atoms with Gasteiger partial charge >= 0.3 is 0 Å². The van der Waals surface area contributed by atoms with Crippen molar-refractivity contribution in [3.8, 4) is 0 Å². The molecular weight excluding hydrogens is 298 g/mol. The Balaban J connectivity index is 1.94. The third kappa shape index (κ3) is 3.08. The largest absolute Gasteiger partial charge is 0.356 e. The molecule has 3 rings (SSSR count). The third-order valence-corrected chi connectivity index (χ3v) is 4.38. The van der Waals surface area contributed by atoms with Crippen LogP contribution in [0.15, 0.2) is 53.1 Å². The van der Waals surface area contributed by atoms with Crippen molar-refractivity contribution in [2.45, 2.75) is 38.2 Å². The molecule has 1 atom stereocenters. The van der Waals surface area contributed by atoms with Crippen LogP contribution in [0.1, 0.15) is 26.2 Å². The Labute approximate surface area is 135 Å². The number of halogens is 2. The van der Waals surface area contributed by atoms with Crippen molar-refractivity contribution in [1.29, 1.82) is 0 Å². The molecular formula is C17H22F2N4. The van der Waals surface area contributed by atoms with Crippen molar-refractivity contribution < 1.29 is 8.78 Å². The number of allylic oxidation sites excluding steroid dienone is 3. The average Bonchev–Trinajstić information content (AvgIpc) is 2.53. The number of likely N-dealkylation sites (tertiary alicyclic amines) is 1. The summed E-state index contributed by atoms with van der Waals surface area (Å²) in [5.41, 5.74) is 6.83. The minimum absolute atomic E-state index is 0.337. The Morgan fingerprint density at radius 2 is 2.00 bits per heavy atom. The van der Waals surface area contributed by atoms with Crippen LogP contribution in [0.4, 0.5) is 8.78 Å². The summed E-state index contributed by atoms with van der Waals surface area (Å²) in [5.74, 6) is -1.78. The van der Waals surface area contributed by atoms with Crippen molar-refractivity contribution in [3.05, 3.63) is 48.1 Å². The van der Waals surface area contributed by atoms with Gasteiger partial charge in [-0.15, -0.1) is 0 Å². The molecule has 1 unspecified atom stereocenters. The number of fused-ring (bicyclic) bond motifs is 1. The molecule has 4 nitrogen and oxygen atoms in total. The molecule has 6 heteroatoms. The van der Waals surface area contributed by atoms with E-state index < -0.39 is 12.0 Å². The van der Waals surface area contributed by atoms with Gasteiger partial charge in [0.2, 0.25) is 0 Å². The lowest BCUT2D eigenvalue weighted by molar-refractivity contribution is 0.00712. The first-order valence-electron chi connectivity index (χ1n) is 7.93. The van der Waals surface area contributed by atoms with Crippen LogP contribution in [-0.2, 0) is 0 Å². The predicted octanol–water partition coefficient (Wildman–Crippen LogP) is 2.98. The zero-order chi connectivity index (χ0) is 16.6. The molecule has 0 aromatic heterocycles. The summed E-state index contributed by atoms with van der Waals surface area (Å²) in [7, 11) is 0. The zero-order valence-corrected chi connectivity index (χ0v) is 13.3. The molecule has 2 N–H and O–H groups in total. The monoisotopic (exact) mass is 320 g/mol. The number of alkyl halides is 2. The second-order valence-electron chi connectivity index (χ2n) is 6.24. The first kappa shape index (κ1) is 15.9. The molecule has 0 amide bonds. The number of piperidine rings is 1. The Hall–Kier alpha value is -1.95. The fourth-order valence-electron chi connectivity index (χ4n) is 3.03. The molecule has 23 heavy (non-hydrogen) atoms. The molecule has 0 bridgehead atoms. The van der Waals surface area contributed by atoms with E-state index in [1.165, 1.54) is 6.42 Å². The quantitative estimate of drug-likeness (QED) is 0.869. The molecule has 0 aromatic rings. The number of hydrogen-bond acceptors (Lipinski definition) is 4. The van der Waals surface area contributed by atoms with Crippen LogP contribution in [0.5, 0.6) is 0 Å². The van der Waals surface area contributed by atoms with Gasteiger partial charge in [-0.1, -0.05) is 12.7 Å². The van der Waals surface area contributed by atoms with E-state index in [1.807, 2.05) is 6.08 Å². The average molecular weight is 320 g/mol. The lowest BCUT2D eigenvalue weighted by atomic mass is 9.97.